The first-order valence-corrected chi connectivity index (χ1v) is 3.09. The van der Waals surface area contributed by atoms with E-state index in [2.05, 4.69) is 10.1 Å². The molecule has 5 nitrogen and oxygen atoms in total. The summed E-state index contributed by atoms with van der Waals surface area (Å²) in [6.45, 7) is 0.575. The van der Waals surface area contributed by atoms with Gasteiger partial charge in [0.25, 0.3) is 0 Å². The fraction of sp³-hybridized carbons (Fsp3) is 0.600. The fourth-order valence-corrected chi connectivity index (χ4v) is 0.785. The van der Waals surface area contributed by atoms with E-state index in [4.69, 9.17) is 11.5 Å². The van der Waals surface area contributed by atoms with E-state index in [1.807, 2.05) is 0 Å². The fourth-order valence-electron chi connectivity index (χ4n) is 0.785. The molecule has 56 valence electrons. The van der Waals surface area contributed by atoms with E-state index >= 15 is 0 Å². The molecule has 0 radical (unpaired) electrons. The Morgan fingerprint density at radius 1 is 1.60 bits per heavy atom. The summed E-state index contributed by atoms with van der Waals surface area (Å²) in [5, 5.41) is 3.86. The van der Waals surface area contributed by atoms with Crippen LogP contribution in [0.4, 0.5) is 5.95 Å². The SMILES string of the molecule is Cn1nc(N)nc1CCN. The topological polar surface area (TPSA) is 82.8 Å². The third kappa shape index (κ3) is 1.24. The van der Waals surface area contributed by atoms with Crippen molar-refractivity contribution in [2.24, 2.45) is 12.8 Å². The van der Waals surface area contributed by atoms with Crippen LogP contribution in [0.25, 0.3) is 0 Å². The molecule has 10 heavy (non-hydrogen) atoms. The lowest BCUT2D eigenvalue weighted by molar-refractivity contribution is 0.697. The van der Waals surface area contributed by atoms with Crippen molar-refractivity contribution in [1.29, 1.82) is 0 Å². The third-order valence-electron chi connectivity index (χ3n) is 1.24. The minimum atomic E-state index is 0.311. The summed E-state index contributed by atoms with van der Waals surface area (Å²) >= 11 is 0. The molecule has 0 atom stereocenters. The van der Waals surface area contributed by atoms with E-state index in [1.165, 1.54) is 0 Å². The molecule has 0 aliphatic rings. The van der Waals surface area contributed by atoms with Crippen molar-refractivity contribution in [1.82, 2.24) is 14.8 Å². The summed E-state index contributed by atoms with van der Waals surface area (Å²) in [5.74, 6) is 1.14. The molecule has 1 rings (SSSR count). The molecular formula is C5H11N5. The molecule has 0 aromatic carbocycles. The van der Waals surface area contributed by atoms with Gasteiger partial charge in [-0.05, 0) is 6.54 Å². The molecule has 1 aromatic rings. The Bertz CT molecular complexity index is 216. The Labute approximate surface area is 59.0 Å². The molecule has 0 aliphatic carbocycles. The van der Waals surface area contributed by atoms with Crippen LogP contribution in [0.3, 0.4) is 0 Å². The molecule has 1 heterocycles. The van der Waals surface area contributed by atoms with Crippen LogP contribution in [-0.4, -0.2) is 21.3 Å². The quantitative estimate of drug-likeness (QED) is 0.547. The molecule has 0 amide bonds. The molecule has 4 N–H and O–H groups in total. The van der Waals surface area contributed by atoms with Crippen molar-refractivity contribution in [3.05, 3.63) is 5.82 Å². The Hall–Kier alpha value is -1.10. The summed E-state index contributed by atoms with van der Waals surface area (Å²) < 4.78 is 1.64. The van der Waals surface area contributed by atoms with Crippen LogP contribution in [-0.2, 0) is 13.5 Å². The highest BCUT2D eigenvalue weighted by Crippen LogP contribution is 1.96. The molecule has 0 fully saturated rings. The summed E-state index contributed by atoms with van der Waals surface area (Å²) in [5.41, 5.74) is 10.6. The highest BCUT2D eigenvalue weighted by atomic mass is 15.4. The zero-order valence-corrected chi connectivity index (χ0v) is 5.91. The van der Waals surface area contributed by atoms with Gasteiger partial charge in [-0.3, -0.25) is 4.68 Å². The third-order valence-corrected chi connectivity index (χ3v) is 1.24. The summed E-state index contributed by atoms with van der Waals surface area (Å²) in [6, 6.07) is 0. The van der Waals surface area contributed by atoms with E-state index < -0.39 is 0 Å². The molecule has 5 heteroatoms. The lowest BCUT2D eigenvalue weighted by Gasteiger charge is -1.93. The maximum atomic E-state index is 5.33. The summed E-state index contributed by atoms with van der Waals surface area (Å²) in [4.78, 5) is 3.95. The molecule has 0 spiro atoms. The van der Waals surface area contributed by atoms with Gasteiger partial charge in [0.1, 0.15) is 5.82 Å². The second kappa shape index (κ2) is 2.66. The molecule has 1 aromatic heterocycles. The number of anilines is 1. The van der Waals surface area contributed by atoms with Crippen molar-refractivity contribution in [2.45, 2.75) is 6.42 Å². The summed E-state index contributed by atoms with van der Waals surface area (Å²) in [6.07, 6.45) is 0.723. The Morgan fingerprint density at radius 2 is 2.30 bits per heavy atom. The average Bonchev–Trinajstić information content (AvgIpc) is 2.13. The van der Waals surface area contributed by atoms with Crippen LogP contribution >= 0.6 is 0 Å². The predicted molar refractivity (Wildman–Crippen MR) is 38.2 cm³/mol. The van der Waals surface area contributed by atoms with E-state index in [0.29, 0.717) is 12.5 Å². The smallest absolute Gasteiger partial charge is 0.239 e. The van der Waals surface area contributed by atoms with Gasteiger partial charge >= 0.3 is 0 Å². The zero-order valence-electron chi connectivity index (χ0n) is 5.91. The van der Waals surface area contributed by atoms with Crippen molar-refractivity contribution >= 4 is 5.95 Å². The molecule has 0 bridgehead atoms. The number of nitrogens with zero attached hydrogens (tertiary/aromatic N) is 3. The second-order valence-corrected chi connectivity index (χ2v) is 2.05. The largest absolute Gasteiger partial charge is 0.366 e. The van der Waals surface area contributed by atoms with E-state index in [9.17, 15) is 0 Å². The number of rotatable bonds is 2. The Kier molecular flexibility index (Phi) is 1.86. The van der Waals surface area contributed by atoms with Crippen LogP contribution in [0.5, 0.6) is 0 Å². The van der Waals surface area contributed by atoms with Gasteiger partial charge in [-0.25, -0.2) is 0 Å². The lowest BCUT2D eigenvalue weighted by Crippen LogP contribution is -2.08. The van der Waals surface area contributed by atoms with Crippen LogP contribution in [0.2, 0.25) is 0 Å². The van der Waals surface area contributed by atoms with Crippen molar-refractivity contribution in [3.63, 3.8) is 0 Å². The van der Waals surface area contributed by atoms with Crippen LogP contribution in [0, 0.1) is 0 Å². The maximum Gasteiger partial charge on any atom is 0.239 e. The number of aromatic nitrogens is 3. The molecule has 0 saturated heterocycles. The van der Waals surface area contributed by atoms with Crippen LogP contribution < -0.4 is 11.5 Å². The van der Waals surface area contributed by atoms with E-state index in [-0.39, 0.29) is 0 Å². The van der Waals surface area contributed by atoms with Gasteiger partial charge in [-0.15, -0.1) is 5.10 Å². The van der Waals surface area contributed by atoms with Gasteiger partial charge in [0.05, 0.1) is 0 Å². The zero-order chi connectivity index (χ0) is 7.56. The monoisotopic (exact) mass is 141 g/mol. The van der Waals surface area contributed by atoms with Gasteiger partial charge in [0.2, 0.25) is 5.95 Å². The van der Waals surface area contributed by atoms with Gasteiger partial charge in [0.15, 0.2) is 0 Å². The van der Waals surface area contributed by atoms with Gasteiger partial charge in [-0.1, -0.05) is 0 Å². The average molecular weight is 141 g/mol. The first-order chi connectivity index (χ1) is 4.74. The van der Waals surface area contributed by atoms with Crippen LogP contribution in [0.1, 0.15) is 5.82 Å². The molecule has 0 aliphatic heterocycles. The number of nitrogen functional groups attached to an aromatic ring is 1. The molecular weight excluding hydrogens is 130 g/mol. The lowest BCUT2D eigenvalue weighted by atomic mass is 10.4. The molecule has 0 unspecified atom stereocenters. The number of hydrogen-bond donors (Lipinski definition) is 2. The number of nitrogens with two attached hydrogens (primary N) is 2. The predicted octanol–water partition coefficient (Wildman–Crippen LogP) is -1.10. The first kappa shape index (κ1) is 7.01. The second-order valence-electron chi connectivity index (χ2n) is 2.05. The van der Waals surface area contributed by atoms with Crippen LogP contribution in [0.15, 0.2) is 0 Å². The highest BCUT2D eigenvalue weighted by Gasteiger charge is 2.00. The standard InChI is InChI=1S/C5H11N5/c1-10-4(2-3-6)8-5(7)9-10/h2-3,6H2,1H3,(H2,7,9). The first-order valence-electron chi connectivity index (χ1n) is 3.09. The number of aryl methyl sites for hydroxylation is 1. The van der Waals surface area contributed by atoms with Gasteiger partial charge in [0, 0.05) is 13.5 Å². The van der Waals surface area contributed by atoms with E-state index in [1.54, 1.807) is 11.7 Å². The van der Waals surface area contributed by atoms with Crippen molar-refractivity contribution in [3.8, 4) is 0 Å². The van der Waals surface area contributed by atoms with Gasteiger partial charge < -0.3 is 11.5 Å². The minimum Gasteiger partial charge on any atom is -0.366 e. The maximum absolute atomic E-state index is 5.33. The Balaban J connectivity index is 2.81. The normalized spacial score (nSPS) is 10.2. The summed E-state index contributed by atoms with van der Waals surface area (Å²) in [7, 11) is 1.80. The Morgan fingerprint density at radius 3 is 2.70 bits per heavy atom. The number of hydrogen-bond acceptors (Lipinski definition) is 4. The van der Waals surface area contributed by atoms with Crippen molar-refractivity contribution < 1.29 is 0 Å². The van der Waals surface area contributed by atoms with Crippen molar-refractivity contribution in [2.75, 3.05) is 12.3 Å². The minimum absolute atomic E-state index is 0.311. The van der Waals surface area contributed by atoms with Gasteiger partial charge in [-0.2, -0.15) is 4.98 Å². The molecule has 0 saturated carbocycles. The highest BCUT2D eigenvalue weighted by molar-refractivity contribution is 5.13. The van der Waals surface area contributed by atoms with E-state index in [0.717, 1.165) is 12.2 Å².